The highest BCUT2D eigenvalue weighted by Crippen LogP contribution is 2.39. The second kappa shape index (κ2) is 6.28. The first-order chi connectivity index (χ1) is 9.93. The van der Waals surface area contributed by atoms with Crippen LogP contribution in [0.1, 0.15) is 0 Å². The van der Waals surface area contributed by atoms with E-state index < -0.39 is 0 Å². The Morgan fingerprint density at radius 1 is 0.348 bits per heavy atom. The molecule has 0 saturated carbocycles. The van der Waals surface area contributed by atoms with Crippen LogP contribution in [0.15, 0.2) is 72.8 Å². The van der Waals surface area contributed by atoms with Gasteiger partial charge in [0.15, 0.2) is 0 Å². The Bertz CT molecular complexity index is 930. The van der Waals surface area contributed by atoms with Crippen LogP contribution in [0, 0.1) is 0 Å². The molecule has 0 radical (unpaired) electrons. The van der Waals surface area contributed by atoms with E-state index in [-0.39, 0.29) is 32.9 Å². The number of hydrogen-bond acceptors (Lipinski definition) is 0. The fourth-order valence-electron chi connectivity index (χ4n) is 3.58. The van der Waals surface area contributed by atoms with Crippen LogP contribution in [-0.2, 0) is 0 Å². The van der Waals surface area contributed by atoms with Crippen molar-refractivity contribution in [3.8, 4) is 0 Å². The van der Waals surface area contributed by atoms with Crippen LogP contribution in [0.3, 0.4) is 0 Å². The van der Waals surface area contributed by atoms with Crippen LogP contribution >= 0.6 is 0 Å². The number of hydrogen-bond donors (Lipinski definition) is 0. The largest absolute Gasteiger partial charge is 0.0610 e. The summed E-state index contributed by atoms with van der Waals surface area (Å²) in [5.41, 5.74) is 0. The minimum atomic E-state index is 0. The third kappa shape index (κ3) is 2.24. The quantitative estimate of drug-likeness (QED) is 0.225. The van der Waals surface area contributed by atoms with E-state index in [0.717, 1.165) is 0 Å². The summed E-state index contributed by atoms with van der Waals surface area (Å²) in [6.45, 7) is 0. The Morgan fingerprint density at radius 2 is 0.609 bits per heavy atom. The topological polar surface area (TPSA) is 0 Å². The summed E-state index contributed by atoms with van der Waals surface area (Å²) in [4.78, 5) is 0. The van der Waals surface area contributed by atoms with Crippen LogP contribution in [0.5, 0.6) is 0 Å². The molecular formula is C20H24Si3. The van der Waals surface area contributed by atoms with Crippen molar-refractivity contribution in [3.63, 3.8) is 0 Å². The van der Waals surface area contributed by atoms with Gasteiger partial charge in [-0.05, 0) is 76.0 Å². The fraction of sp³-hybridized carbons (Fsp3) is 0. The molecule has 0 nitrogen and oxygen atoms in total. The smallest absolute Gasteiger partial charge is 0.00264 e. The Kier molecular flexibility index (Phi) is 4.75. The average Bonchev–Trinajstić information content (AvgIpc) is 2.52. The van der Waals surface area contributed by atoms with Crippen LogP contribution in [0.2, 0.25) is 0 Å². The highest BCUT2D eigenvalue weighted by atomic mass is 28.1. The molecule has 0 fully saturated rings. The maximum atomic E-state index is 2.25. The van der Waals surface area contributed by atoms with Gasteiger partial charge in [-0.15, -0.1) is 0 Å². The maximum Gasteiger partial charge on any atom is -0.00264 e. The van der Waals surface area contributed by atoms with Crippen LogP contribution in [0.25, 0.3) is 43.1 Å². The predicted molar refractivity (Wildman–Crippen MR) is 122 cm³/mol. The zero-order valence-electron chi connectivity index (χ0n) is 10.9. The van der Waals surface area contributed by atoms with Gasteiger partial charge in [-0.1, -0.05) is 72.8 Å². The standard InChI is InChI=1S/C20H12.3H4Si/c1-5-13-6-2-11-17-18-12-4-8-14-7-3-10-16(20(14)18)15(9-1)19(13)17;;;/h1-12H;3*1H4. The molecule has 5 aromatic carbocycles. The minimum absolute atomic E-state index is 0. The van der Waals surface area contributed by atoms with Crippen molar-refractivity contribution < 1.29 is 0 Å². The molecule has 0 aromatic heterocycles. The molecule has 0 saturated heterocycles. The molecule has 0 atom stereocenters. The third-order valence-electron chi connectivity index (χ3n) is 4.39. The van der Waals surface area contributed by atoms with Crippen molar-refractivity contribution in [2.45, 2.75) is 0 Å². The lowest BCUT2D eigenvalue weighted by Gasteiger charge is -2.13. The lowest BCUT2D eigenvalue weighted by atomic mass is 9.90. The van der Waals surface area contributed by atoms with Gasteiger partial charge in [-0.3, -0.25) is 0 Å². The summed E-state index contributed by atoms with van der Waals surface area (Å²) < 4.78 is 0. The Labute approximate surface area is 148 Å². The van der Waals surface area contributed by atoms with E-state index >= 15 is 0 Å². The van der Waals surface area contributed by atoms with Gasteiger partial charge in [0.05, 0.1) is 0 Å². The van der Waals surface area contributed by atoms with E-state index in [1.165, 1.54) is 43.1 Å². The van der Waals surface area contributed by atoms with E-state index in [2.05, 4.69) is 72.8 Å². The molecule has 0 N–H and O–H groups in total. The maximum absolute atomic E-state index is 2.25. The number of fused-ring (bicyclic) bond motifs is 2. The number of rotatable bonds is 0. The molecule has 0 aliphatic carbocycles. The van der Waals surface area contributed by atoms with Crippen molar-refractivity contribution in [2.75, 3.05) is 0 Å². The van der Waals surface area contributed by atoms with E-state index in [1.54, 1.807) is 0 Å². The second-order valence-corrected chi connectivity index (χ2v) is 5.42. The summed E-state index contributed by atoms with van der Waals surface area (Å²) in [7, 11) is 0. The van der Waals surface area contributed by atoms with Gasteiger partial charge >= 0.3 is 0 Å². The normalized spacial score (nSPS) is 10.4. The van der Waals surface area contributed by atoms with Crippen molar-refractivity contribution in [1.29, 1.82) is 0 Å². The fourth-order valence-corrected chi connectivity index (χ4v) is 3.58. The lowest BCUT2D eigenvalue weighted by molar-refractivity contribution is 1.78. The zero-order chi connectivity index (χ0) is 13.1. The molecule has 0 amide bonds. The van der Waals surface area contributed by atoms with Crippen molar-refractivity contribution in [3.05, 3.63) is 72.8 Å². The monoisotopic (exact) mass is 348 g/mol. The van der Waals surface area contributed by atoms with Gasteiger partial charge in [-0.2, -0.15) is 0 Å². The molecule has 3 heteroatoms. The molecule has 0 unspecified atom stereocenters. The van der Waals surface area contributed by atoms with Gasteiger partial charge in [0.1, 0.15) is 0 Å². The van der Waals surface area contributed by atoms with Crippen LogP contribution < -0.4 is 0 Å². The second-order valence-electron chi connectivity index (χ2n) is 5.42. The van der Waals surface area contributed by atoms with Crippen molar-refractivity contribution in [1.82, 2.24) is 0 Å². The third-order valence-corrected chi connectivity index (χ3v) is 4.39. The highest BCUT2D eigenvalue weighted by Gasteiger charge is 2.11. The van der Waals surface area contributed by atoms with Crippen molar-refractivity contribution >= 4 is 76.0 Å². The summed E-state index contributed by atoms with van der Waals surface area (Å²) in [6, 6.07) is 26.4. The first-order valence-electron chi connectivity index (χ1n) is 6.98. The Balaban J connectivity index is 0.000000640. The molecule has 5 aromatic rings. The molecule has 116 valence electrons. The number of benzene rings is 5. The minimum Gasteiger partial charge on any atom is -0.0610 e. The SMILES string of the molecule is [SiH4].[SiH4].[SiH4].c1cc2cccc3c4cccc5cccc(c(c1)c23)c54. The predicted octanol–water partition coefficient (Wildman–Crippen LogP) is 1.38. The summed E-state index contributed by atoms with van der Waals surface area (Å²) in [6.07, 6.45) is 0. The van der Waals surface area contributed by atoms with Gasteiger partial charge in [0, 0.05) is 0 Å². The molecule has 0 aliphatic heterocycles. The molecule has 0 aliphatic rings. The molecule has 23 heavy (non-hydrogen) atoms. The van der Waals surface area contributed by atoms with Crippen LogP contribution in [-0.4, -0.2) is 32.9 Å². The van der Waals surface area contributed by atoms with Crippen LogP contribution in [0.4, 0.5) is 0 Å². The Morgan fingerprint density at radius 3 is 0.870 bits per heavy atom. The first-order valence-corrected chi connectivity index (χ1v) is 6.98. The van der Waals surface area contributed by atoms with Gasteiger partial charge in [-0.25, -0.2) is 0 Å². The average molecular weight is 349 g/mol. The first kappa shape index (κ1) is 17.4. The Hall–Kier alpha value is -1.95. The van der Waals surface area contributed by atoms with E-state index in [4.69, 9.17) is 0 Å². The molecule has 0 bridgehead atoms. The van der Waals surface area contributed by atoms with Gasteiger partial charge in [0.25, 0.3) is 0 Å². The molecule has 0 heterocycles. The van der Waals surface area contributed by atoms with Gasteiger partial charge in [0.2, 0.25) is 0 Å². The highest BCUT2D eigenvalue weighted by molar-refractivity contribution is 6.32. The van der Waals surface area contributed by atoms with Crippen molar-refractivity contribution in [2.24, 2.45) is 0 Å². The van der Waals surface area contributed by atoms with E-state index in [9.17, 15) is 0 Å². The van der Waals surface area contributed by atoms with E-state index in [1.807, 2.05) is 0 Å². The van der Waals surface area contributed by atoms with Gasteiger partial charge < -0.3 is 0 Å². The zero-order valence-corrected chi connectivity index (χ0v) is 10.9. The molecule has 0 spiro atoms. The summed E-state index contributed by atoms with van der Waals surface area (Å²) >= 11 is 0. The lowest BCUT2D eigenvalue weighted by Crippen LogP contribution is -1.85. The van der Waals surface area contributed by atoms with E-state index in [0.29, 0.717) is 0 Å². The summed E-state index contributed by atoms with van der Waals surface area (Å²) in [5, 5.41) is 10.9. The molecular weight excluding hydrogens is 324 g/mol. The molecule has 5 rings (SSSR count). The summed E-state index contributed by atoms with van der Waals surface area (Å²) in [5.74, 6) is 0.